The summed E-state index contributed by atoms with van der Waals surface area (Å²) >= 11 is 1.47. The van der Waals surface area contributed by atoms with E-state index in [0.29, 0.717) is 22.7 Å². The van der Waals surface area contributed by atoms with Gasteiger partial charge in [0, 0.05) is 10.9 Å². The number of hydrogen-bond acceptors (Lipinski definition) is 6. The summed E-state index contributed by atoms with van der Waals surface area (Å²) < 4.78 is 0. The molecule has 3 aromatic rings. The van der Waals surface area contributed by atoms with Gasteiger partial charge in [0.15, 0.2) is 5.65 Å². The van der Waals surface area contributed by atoms with Gasteiger partial charge < -0.3 is 10.4 Å². The number of thiophene rings is 1. The lowest BCUT2D eigenvalue weighted by Gasteiger charge is -2.12. The average molecular weight is 369 g/mol. The lowest BCUT2D eigenvalue weighted by atomic mass is 10.2. The van der Waals surface area contributed by atoms with E-state index in [0.717, 1.165) is 35.4 Å². The minimum Gasteiger partial charge on any atom is -0.391 e. The molecule has 3 aromatic heterocycles. The van der Waals surface area contributed by atoms with Crippen LogP contribution < -0.4 is 10.6 Å². The summed E-state index contributed by atoms with van der Waals surface area (Å²) in [5.74, 6) is 0.446. The second-order valence-corrected chi connectivity index (χ2v) is 7.47. The van der Waals surface area contributed by atoms with E-state index in [-0.39, 0.29) is 18.7 Å². The molecule has 0 aliphatic heterocycles. The van der Waals surface area contributed by atoms with Crippen molar-refractivity contribution in [3.05, 3.63) is 35.3 Å². The van der Waals surface area contributed by atoms with E-state index in [9.17, 15) is 9.90 Å². The maximum Gasteiger partial charge on any atom is 0.320 e. The Hall–Kier alpha value is -2.58. The van der Waals surface area contributed by atoms with Crippen LogP contribution in [-0.2, 0) is 6.61 Å². The maximum absolute atomic E-state index is 12.1. The van der Waals surface area contributed by atoms with Crippen molar-refractivity contribution in [2.75, 3.05) is 5.32 Å². The van der Waals surface area contributed by atoms with Gasteiger partial charge in [-0.2, -0.15) is 0 Å². The largest absolute Gasteiger partial charge is 0.391 e. The second kappa shape index (κ2) is 7.35. The highest BCUT2D eigenvalue weighted by atomic mass is 32.1. The number of carbonyl (C=O) groups excluding carboxylic acids is 1. The molecule has 0 atom stereocenters. The number of fused-ring (bicyclic) bond motifs is 1. The minimum atomic E-state index is -0.237. The Morgan fingerprint density at radius 1 is 1.19 bits per heavy atom. The molecule has 0 spiro atoms. The van der Waals surface area contributed by atoms with Crippen LogP contribution >= 0.6 is 11.3 Å². The van der Waals surface area contributed by atoms with E-state index < -0.39 is 0 Å². The van der Waals surface area contributed by atoms with E-state index >= 15 is 0 Å². The monoisotopic (exact) mass is 369 g/mol. The number of aromatic nitrogens is 3. The van der Waals surface area contributed by atoms with E-state index in [1.165, 1.54) is 11.3 Å². The van der Waals surface area contributed by atoms with Gasteiger partial charge in [0.25, 0.3) is 0 Å². The third-order valence-electron chi connectivity index (χ3n) is 4.41. The van der Waals surface area contributed by atoms with Crippen molar-refractivity contribution in [2.45, 2.75) is 38.3 Å². The number of nitrogens with one attached hydrogen (secondary N) is 2. The van der Waals surface area contributed by atoms with Crippen LogP contribution in [0, 0.1) is 0 Å². The van der Waals surface area contributed by atoms with Crippen LogP contribution in [0.15, 0.2) is 30.5 Å². The molecule has 0 radical (unpaired) electrons. The van der Waals surface area contributed by atoms with Crippen LogP contribution in [0.5, 0.6) is 0 Å². The molecule has 7 nitrogen and oxygen atoms in total. The zero-order valence-electron chi connectivity index (χ0n) is 14.1. The lowest BCUT2D eigenvalue weighted by molar-refractivity contribution is 0.248. The van der Waals surface area contributed by atoms with Crippen molar-refractivity contribution in [1.29, 1.82) is 0 Å². The highest BCUT2D eigenvalue weighted by molar-refractivity contribution is 7.15. The van der Waals surface area contributed by atoms with Gasteiger partial charge in [-0.3, -0.25) is 10.3 Å². The van der Waals surface area contributed by atoms with Crippen molar-refractivity contribution in [2.24, 2.45) is 0 Å². The Balaban J connectivity index is 1.54. The van der Waals surface area contributed by atoms with Gasteiger partial charge in [-0.05, 0) is 37.1 Å². The number of anilines is 1. The Kier molecular flexibility index (Phi) is 4.77. The molecule has 1 aliphatic carbocycles. The molecule has 134 valence electrons. The number of hydrogen-bond donors (Lipinski definition) is 3. The third kappa shape index (κ3) is 3.66. The summed E-state index contributed by atoms with van der Waals surface area (Å²) in [7, 11) is 0. The van der Waals surface area contributed by atoms with Crippen LogP contribution in [0.1, 0.15) is 30.6 Å². The van der Waals surface area contributed by atoms with Crippen LogP contribution in [-0.4, -0.2) is 32.1 Å². The molecule has 1 fully saturated rings. The van der Waals surface area contributed by atoms with Crippen LogP contribution in [0.4, 0.5) is 10.6 Å². The molecule has 1 saturated carbocycles. The molecule has 0 bridgehead atoms. The molecular weight excluding hydrogens is 350 g/mol. The summed E-state index contributed by atoms with van der Waals surface area (Å²) in [5.41, 5.74) is 1.83. The van der Waals surface area contributed by atoms with Crippen LogP contribution in [0.25, 0.3) is 21.7 Å². The SMILES string of the molecule is O=C(Nc1ccc2ncc(-c3ccc(CO)s3)nc2n1)NC1CCCC1. The van der Waals surface area contributed by atoms with Gasteiger partial charge in [-0.25, -0.2) is 14.8 Å². The summed E-state index contributed by atoms with van der Waals surface area (Å²) in [4.78, 5) is 27.2. The third-order valence-corrected chi connectivity index (χ3v) is 5.50. The van der Waals surface area contributed by atoms with E-state index in [4.69, 9.17) is 0 Å². The van der Waals surface area contributed by atoms with Gasteiger partial charge in [-0.1, -0.05) is 12.8 Å². The summed E-state index contributed by atoms with van der Waals surface area (Å²) in [5, 5.41) is 15.0. The smallest absolute Gasteiger partial charge is 0.320 e. The molecule has 3 heterocycles. The Morgan fingerprint density at radius 2 is 2.04 bits per heavy atom. The Bertz CT molecular complexity index is 936. The summed E-state index contributed by atoms with van der Waals surface area (Å²) in [6, 6.07) is 7.30. The number of amides is 2. The fourth-order valence-electron chi connectivity index (χ4n) is 3.09. The molecule has 1 aliphatic rings. The standard InChI is InChI=1S/C18H19N5O2S/c24-10-12-5-7-15(26-12)14-9-19-13-6-8-16(22-17(13)21-14)23-18(25)20-11-3-1-2-4-11/h5-9,11,24H,1-4,10H2,(H2,20,21,22,23,25). The minimum absolute atomic E-state index is 0.00804. The molecule has 3 N–H and O–H groups in total. The first-order valence-electron chi connectivity index (χ1n) is 8.62. The van der Waals surface area contributed by atoms with E-state index in [1.807, 2.05) is 12.1 Å². The zero-order valence-corrected chi connectivity index (χ0v) is 14.9. The maximum atomic E-state index is 12.1. The molecule has 26 heavy (non-hydrogen) atoms. The Labute approximate surface area is 154 Å². The number of aliphatic hydroxyl groups is 1. The van der Waals surface area contributed by atoms with Crippen molar-refractivity contribution in [3.63, 3.8) is 0 Å². The summed E-state index contributed by atoms with van der Waals surface area (Å²) in [6.45, 7) is 0.00804. The van der Waals surface area contributed by atoms with Crippen molar-refractivity contribution < 1.29 is 9.90 Å². The number of pyridine rings is 1. The van der Waals surface area contributed by atoms with Gasteiger partial charge >= 0.3 is 6.03 Å². The number of aliphatic hydroxyl groups excluding tert-OH is 1. The van der Waals surface area contributed by atoms with Gasteiger partial charge in [0.1, 0.15) is 17.0 Å². The topological polar surface area (TPSA) is 100 Å². The predicted molar refractivity (Wildman–Crippen MR) is 101 cm³/mol. The average Bonchev–Trinajstić information content (AvgIpc) is 3.32. The van der Waals surface area contributed by atoms with Crippen molar-refractivity contribution in [1.82, 2.24) is 20.3 Å². The number of urea groups is 1. The first-order chi connectivity index (χ1) is 12.7. The van der Waals surface area contributed by atoms with Crippen molar-refractivity contribution in [3.8, 4) is 10.6 Å². The normalized spacial score (nSPS) is 14.7. The lowest BCUT2D eigenvalue weighted by Crippen LogP contribution is -2.36. The molecule has 8 heteroatoms. The highest BCUT2D eigenvalue weighted by Gasteiger charge is 2.17. The molecular formula is C18H19N5O2S. The number of rotatable bonds is 4. The number of nitrogens with zero attached hydrogens (tertiary/aromatic N) is 3. The molecule has 4 rings (SSSR count). The Morgan fingerprint density at radius 3 is 2.81 bits per heavy atom. The highest BCUT2D eigenvalue weighted by Crippen LogP contribution is 2.27. The van der Waals surface area contributed by atoms with Crippen molar-refractivity contribution >= 4 is 34.3 Å². The predicted octanol–water partition coefficient (Wildman–Crippen LogP) is 3.31. The fourth-order valence-corrected chi connectivity index (χ4v) is 3.92. The van der Waals surface area contributed by atoms with Crippen LogP contribution in [0.3, 0.4) is 0 Å². The van der Waals surface area contributed by atoms with Gasteiger partial charge in [0.05, 0.1) is 17.7 Å². The fraction of sp³-hybridized carbons (Fsp3) is 0.333. The van der Waals surface area contributed by atoms with E-state index in [2.05, 4.69) is 25.6 Å². The summed E-state index contributed by atoms with van der Waals surface area (Å²) in [6.07, 6.45) is 6.08. The van der Waals surface area contributed by atoms with E-state index in [1.54, 1.807) is 18.3 Å². The molecule has 2 amide bonds. The van der Waals surface area contributed by atoms with Crippen LogP contribution in [0.2, 0.25) is 0 Å². The molecule has 0 unspecified atom stereocenters. The zero-order chi connectivity index (χ0) is 17.9. The van der Waals surface area contributed by atoms with Gasteiger partial charge in [0.2, 0.25) is 0 Å². The molecule has 0 saturated heterocycles. The second-order valence-electron chi connectivity index (χ2n) is 6.30. The molecule has 0 aromatic carbocycles. The number of carbonyl (C=O) groups is 1. The first-order valence-corrected chi connectivity index (χ1v) is 9.44. The quantitative estimate of drug-likeness (QED) is 0.655. The first kappa shape index (κ1) is 16.9. The van der Waals surface area contributed by atoms with Gasteiger partial charge in [-0.15, -0.1) is 11.3 Å².